The normalized spacial score (nSPS) is 16.3. The van der Waals surface area contributed by atoms with Crippen LogP contribution < -0.4 is 14.8 Å². The number of carbonyl (C=O) groups excluding carboxylic acids is 1. The smallest absolute Gasteiger partial charge is 0.191 e. The minimum absolute atomic E-state index is 0.125. The van der Waals surface area contributed by atoms with Gasteiger partial charge in [0.25, 0.3) is 0 Å². The van der Waals surface area contributed by atoms with Gasteiger partial charge in [-0.3, -0.25) is 14.8 Å². The second-order valence-corrected chi connectivity index (χ2v) is 6.07. The van der Waals surface area contributed by atoms with E-state index in [0.29, 0.717) is 42.6 Å². The Morgan fingerprint density at radius 1 is 1.37 bits per heavy atom. The van der Waals surface area contributed by atoms with Crippen LogP contribution in [0.15, 0.2) is 53.5 Å². The molecule has 2 aliphatic rings. The van der Waals surface area contributed by atoms with E-state index in [-0.39, 0.29) is 5.78 Å². The molecule has 0 unspecified atom stereocenters. The molecule has 7 heteroatoms. The lowest BCUT2D eigenvalue weighted by Gasteiger charge is -2.32. The van der Waals surface area contributed by atoms with Crippen molar-refractivity contribution in [2.45, 2.75) is 6.92 Å². The van der Waals surface area contributed by atoms with Gasteiger partial charge in [-0.15, -0.1) is 0 Å². The highest BCUT2D eigenvalue weighted by molar-refractivity contribution is 6.11. The number of anilines is 1. The first-order chi connectivity index (χ1) is 13.2. The number of benzene rings is 1. The van der Waals surface area contributed by atoms with Gasteiger partial charge >= 0.3 is 0 Å². The van der Waals surface area contributed by atoms with Gasteiger partial charge in [0.2, 0.25) is 0 Å². The van der Waals surface area contributed by atoms with Crippen molar-refractivity contribution in [1.82, 2.24) is 9.88 Å². The average molecular weight is 364 g/mol. The van der Waals surface area contributed by atoms with Crippen molar-refractivity contribution in [3.8, 4) is 11.5 Å². The van der Waals surface area contributed by atoms with Crippen molar-refractivity contribution in [3.63, 3.8) is 0 Å². The second kappa shape index (κ2) is 7.11. The number of aliphatic imine (C=N–C) groups is 1. The molecule has 1 aromatic heterocycles. The molecule has 0 saturated heterocycles. The van der Waals surface area contributed by atoms with Crippen LogP contribution >= 0.6 is 0 Å². The predicted octanol–water partition coefficient (Wildman–Crippen LogP) is 2.70. The molecule has 2 aromatic rings. The van der Waals surface area contributed by atoms with Crippen LogP contribution in [0.4, 0.5) is 5.69 Å². The molecule has 0 radical (unpaired) electrons. The van der Waals surface area contributed by atoms with E-state index >= 15 is 0 Å². The zero-order valence-corrected chi connectivity index (χ0v) is 15.2. The van der Waals surface area contributed by atoms with E-state index in [9.17, 15) is 4.79 Å². The number of hydrogen-bond acceptors (Lipinski definition) is 7. The topological polar surface area (TPSA) is 76.1 Å². The monoisotopic (exact) mass is 364 g/mol. The van der Waals surface area contributed by atoms with E-state index < -0.39 is 0 Å². The molecule has 0 saturated carbocycles. The Kier molecular flexibility index (Phi) is 4.50. The molecule has 0 fully saturated rings. The van der Waals surface area contributed by atoms with Gasteiger partial charge in [0.05, 0.1) is 25.9 Å². The van der Waals surface area contributed by atoms with Crippen LogP contribution in [0.1, 0.15) is 22.8 Å². The van der Waals surface area contributed by atoms with Crippen molar-refractivity contribution in [3.05, 3.63) is 59.7 Å². The van der Waals surface area contributed by atoms with Crippen LogP contribution in [-0.4, -0.2) is 48.3 Å². The van der Waals surface area contributed by atoms with Crippen LogP contribution in [0.3, 0.4) is 0 Å². The molecule has 0 spiro atoms. The third-order valence-electron chi connectivity index (χ3n) is 4.47. The number of allylic oxidation sites excluding steroid dienone is 1. The van der Waals surface area contributed by atoms with Crippen molar-refractivity contribution in [2.75, 3.05) is 32.1 Å². The summed E-state index contributed by atoms with van der Waals surface area (Å²) in [6.07, 6.45) is 4.78. The van der Waals surface area contributed by atoms with E-state index in [0.717, 1.165) is 17.1 Å². The molecular weight excluding hydrogens is 344 g/mol. The first-order valence-corrected chi connectivity index (χ1v) is 8.82. The standard InChI is InChI=1S/C20H20N4O3/c1-3-27-16-7-6-14-18(19(16)26-2)23-17(24-10-9-22-20(14)24)11-15(25)13-5-4-8-21-12-13/h4-8,11-12,23H,3,9-10H2,1-2H3. The second-order valence-electron chi connectivity index (χ2n) is 6.07. The van der Waals surface area contributed by atoms with Gasteiger partial charge in [0.15, 0.2) is 17.3 Å². The lowest BCUT2D eigenvalue weighted by molar-refractivity contribution is 0.104. The molecule has 0 atom stereocenters. The van der Waals surface area contributed by atoms with E-state index in [1.807, 2.05) is 24.0 Å². The molecule has 4 rings (SSSR count). The number of ketones is 1. The SMILES string of the molecule is CCOc1ccc2c(c1OC)NC(=CC(=O)c1cccnc1)N1CCN=C21. The Morgan fingerprint density at radius 2 is 2.26 bits per heavy atom. The van der Waals surface area contributed by atoms with Crippen molar-refractivity contribution < 1.29 is 14.3 Å². The number of methoxy groups -OCH3 is 1. The summed E-state index contributed by atoms with van der Waals surface area (Å²) in [6, 6.07) is 7.34. The van der Waals surface area contributed by atoms with Crippen LogP contribution in [0.25, 0.3) is 0 Å². The molecule has 0 bridgehead atoms. The van der Waals surface area contributed by atoms with Crippen LogP contribution in [-0.2, 0) is 0 Å². The third kappa shape index (κ3) is 3.01. The fourth-order valence-electron chi connectivity index (χ4n) is 3.28. The summed E-state index contributed by atoms with van der Waals surface area (Å²) in [4.78, 5) is 23.3. The highest BCUT2D eigenvalue weighted by atomic mass is 16.5. The lowest BCUT2D eigenvalue weighted by Crippen LogP contribution is -2.36. The largest absolute Gasteiger partial charge is 0.491 e. The maximum Gasteiger partial charge on any atom is 0.191 e. The van der Waals surface area contributed by atoms with Crippen molar-refractivity contribution in [1.29, 1.82) is 0 Å². The minimum atomic E-state index is -0.125. The lowest BCUT2D eigenvalue weighted by atomic mass is 10.1. The first kappa shape index (κ1) is 17.1. The van der Waals surface area contributed by atoms with Gasteiger partial charge in [-0.2, -0.15) is 0 Å². The fraction of sp³-hybridized carbons (Fsp3) is 0.250. The van der Waals surface area contributed by atoms with Gasteiger partial charge < -0.3 is 19.7 Å². The predicted molar refractivity (Wildman–Crippen MR) is 103 cm³/mol. The summed E-state index contributed by atoms with van der Waals surface area (Å²) < 4.78 is 11.3. The Bertz CT molecular complexity index is 938. The van der Waals surface area contributed by atoms with Gasteiger partial charge in [-0.25, -0.2) is 0 Å². The quantitative estimate of drug-likeness (QED) is 0.649. The molecule has 0 amide bonds. The number of rotatable bonds is 5. The number of aromatic nitrogens is 1. The Labute approximate surface area is 157 Å². The summed E-state index contributed by atoms with van der Waals surface area (Å²) >= 11 is 0. The maximum absolute atomic E-state index is 12.7. The van der Waals surface area contributed by atoms with Gasteiger partial charge in [-0.05, 0) is 31.2 Å². The van der Waals surface area contributed by atoms with E-state index in [1.165, 1.54) is 0 Å². The zero-order valence-electron chi connectivity index (χ0n) is 15.2. The molecule has 2 aliphatic heterocycles. The summed E-state index contributed by atoms with van der Waals surface area (Å²) in [5.74, 6) is 2.62. The highest BCUT2D eigenvalue weighted by Crippen LogP contribution is 2.42. The Balaban J connectivity index is 1.78. The zero-order chi connectivity index (χ0) is 18.8. The van der Waals surface area contributed by atoms with E-state index in [4.69, 9.17) is 9.47 Å². The molecule has 1 N–H and O–H groups in total. The molecular formula is C20H20N4O3. The number of amidine groups is 1. The third-order valence-corrected chi connectivity index (χ3v) is 4.47. The summed E-state index contributed by atoms with van der Waals surface area (Å²) in [5.41, 5.74) is 2.22. The van der Waals surface area contributed by atoms with Crippen molar-refractivity contribution >= 4 is 17.3 Å². The summed E-state index contributed by atoms with van der Waals surface area (Å²) in [5, 5.41) is 3.35. The molecule has 0 aliphatic carbocycles. The van der Waals surface area contributed by atoms with Gasteiger partial charge in [0, 0.05) is 36.1 Å². The van der Waals surface area contributed by atoms with Gasteiger partial charge in [-0.1, -0.05) is 0 Å². The molecule has 27 heavy (non-hydrogen) atoms. The van der Waals surface area contributed by atoms with E-state index in [2.05, 4.69) is 15.3 Å². The molecule has 3 heterocycles. The number of carbonyl (C=O) groups is 1. The molecule has 1 aromatic carbocycles. The van der Waals surface area contributed by atoms with E-state index in [1.54, 1.807) is 37.7 Å². The number of ether oxygens (including phenoxy) is 2. The van der Waals surface area contributed by atoms with Crippen LogP contribution in [0.2, 0.25) is 0 Å². The first-order valence-electron chi connectivity index (χ1n) is 8.82. The highest BCUT2D eigenvalue weighted by Gasteiger charge is 2.32. The number of nitrogens with zero attached hydrogens (tertiary/aromatic N) is 3. The number of nitrogens with one attached hydrogen (secondary N) is 1. The summed E-state index contributed by atoms with van der Waals surface area (Å²) in [7, 11) is 1.60. The Morgan fingerprint density at radius 3 is 3.00 bits per heavy atom. The van der Waals surface area contributed by atoms with Gasteiger partial charge in [0.1, 0.15) is 11.7 Å². The minimum Gasteiger partial charge on any atom is -0.491 e. The number of hydrogen-bond donors (Lipinski definition) is 1. The number of pyridine rings is 1. The number of fused-ring (bicyclic) bond motifs is 3. The van der Waals surface area contributed by atoms with Crippen LogP contribution in [0, 0.1) is 0 Å². The Hall–Kier alpha value is -3.35. The van der Waals surface area contributed by atoms with Crippen LogP contribution in [0.5, 0.6) is 11.5 Å². The maximum atomic E-state index is 12.7. The fourth-order valence-corrected chi connectivity index (χ4v) is 3.28. The molecule has 7 nitrogen and oxygen atoms in total. The summed E-state index contributed by atoms with van der Waals surface area (Å²) in [6.45, 7) is 3.84. The average Bonchev–Trinajstić information content (AvgIpc) is 3.19. The van der Waals surface area contributed by atoms with Crippen molar-refractivity contribution in [2.24, 2.45) is 4.99 Å². The molecule has 138 valence electrons.